The van der Waals surface area contributed by atoms with Gasteiger partial charge in [-0.3, -0.25) is 9.78 Å². The van der Waals surface area contributed by atoms with E-state index in [9.17, 15) is 4.79 Å². The van der Waals surface area contributed by atoms with E-state index in [0.717, 1.165) is 38.0 Å². The second kappa shape index (κ2) is 8.25. The number of hydrogen-bond acceptors (Lipinski definition) is 5. The third kappa shape index (κ3) is 4.39. The molecule has 0 bridgehead atoms. The van der Waals surface area contributed by atoms with Crippen LogP contribution < -0.4 is 10.2 Å². The molecule has 0 radical (unpaired) electrons. The van der Waals surface area contributed by atoms with E-state index in [2.05, 4.69) is 50.7 Å². The minimum atomic E-state index is -0.283. The minimum absolute atomic E-state index is 0.283. The fourth-order valence-electron chi connectivity index (χ4n) is 3.69. The molecule has 1 N–H and O–H groups in total. The maximum atomic E-state index is 12.4. The number of nitrogens with one attached hydrogen (secondary N) is 1. The van der Waals surface area contributed by atoms with Crippen LogP contribution >= 0.6 is 0 Å². The molecule has 0 aliphatic carbocycles. The highest BCUT2D eigenvalue weighted by Crippen LogP contribution is 2.26. The van der Waals surface area contributed by atoms with Crippen molar-refractivity contribution in [3.05, 3.63) is 71.7 Å². The molecular weight excluding hydrogens is 352 g/mol. The van der Waals surface area contributed by atoms with E-state index in [1.807, 2.05) is 12.1 Å². The van der Waals surface area contributed by atoms with Crippen LogP contribution in [0, 0.1) is 12.8 Å². The number of nitrogens with zero attached hydrogens (tertiary/aromatic N) is 3. The number of amides is 1. The van der Waals surface area contributed by atoms with Crippen molar-refractivity contribution >= 4 is 17.4 Å². The van der Waals surface area contributed by atoms with Gasteiger partial charge in [0.1, 0.15) is 11.5 Å². The Labute approximate surface area is 164 Å². The molecule has 0 spiro atoms. The van der Waals surface area contributed by atoms with E-state index >= 15 is 0 Å². The van der Waals surface area contributed by atoms with Gasteiger partial charge in [-0.2, -0.15) is 0 Å². The van der Waals surface area contributed by atoms with Gasteiger partial charge in [-0.1, -0.05) is 35.5 Å². The van der Waals surface area contributed by atoms with Gasteiger partial charge in [0, 0.05) is 31.0 Å². The van der Waals surface area contributed by atoms with Crippen molar-refractivity contribution in [2.45, 2.75) is 26.2 Å². The maximum absolute atomic E-state index is 12.4. The molecule has 1 amide bonds. The topological polar surface area (TPSA) is 71.3 Å². The first-order valence-electron chi connectivity index (χ1n) is 9.67. The van der Waals surface area contributed by atoms with Gasteiger partial charge in [-0.05, 0) is 49.8 Å². The number of aromatic nitrogens is 2. The maximum Gasteiger partial charge on any atom is 0.275 e. The Kier molecular flexibility index (Phi) is 5.37. The first-order chi connectivity index (χ1) is 13.7. The monoisotopic (exact) mass is 376 g/mol. The van der Waals surface area contributed by atoms with Crippen LogP contribution in [0.25, 0.3) is 0 Å². The zero-order chi connectivity index (χ0) is 19.3. The average molecular weight is 376 g/mol. The third-order valence-electron chi connectivity index (χ3n) is 5.19. The smallest absolute Gasteiger partial charge is 0.275 e. The number of benzene rings is 1. The van der Waals surface area contributed by atoms with Crippen LogP contribution in [0.15, 0.2) is 59.3 Å². The summed E-state index contributed by atoms with van der Waals surface area (Å²) in [5.74, 6) is 1.47. The van der Waals surface area contributed by atoms with Crippen LogP contribution in [-0.4, -0.2) is 29.1 Å². The molecule has 1 aliphatic heterocycles. The van der Waals surface area contributed by atoms with Crippen LogP contribution in [0.5, 0.6) is 0 Å². The van der Waals surface area contributed by atoms with E-state index in [0.29, 0.717) is 23.2 Å². The van der Waals surface area contributed by atoms with E-state index < -0.39 is 0 Å². The first-order valence-corrected chi connectivity index (χ1v) is 9.67. The summed E-state index contributed by atoms with van der Waals surface area (Å²) < 4.78 is 4.98. The normalized spacial score (nSPS) is 14.8. The SMILES string of the molecule is Cc1cc(NC(=O)c2cc(N3CCC(Cc4ccccc4)CC3)ccn2)no1. The molecular formula is C22H24N4O2. The van der Waals surface area contributed by atoms with Crippen LogP contribution in [0.4, 0.5) is 11.5 Å². The van der Waals surface area contributed by atoms with Gasteiger partial charge in [0.05, 0.1) is 0 Å². The molecule has 1 saturated heterocycles. The molecule has 3 heterocycles. The second-order valence-corrected chi connectivity index (χ2v) is 7.30. The molecule has 2 aromatic heterocycles. The highest BCUT2D eigenvalue weighted by atomic mass is 16.5. The molecule has 1 fully saturated rings. The fourth-order valence-corrected chi connectivity index (χ4v) is 3.69. The van der Waals surface area contributed by atoms with E-state index in [1.165, 1.54) is 5.56 Å². The summed E-state index contributed by atoms with van der Waals surface area (Å²) in [4.78, 5) is 19.0. The summed E-state index contributed by atoms with van der Waals surface area (Å²) >= 11 is 0. The Morgan fingerprint density at radius 3 is 2.68 bits per heavy atom. The number of pyridine rings is 1. The Morgan fingerprint density at radius 2 is 1.96 bits per heavy atom. The Hall–Kier alpha value is -3.15. The van der Waals surface area contributed by atoms with Crippen LogP contribution in [-0.2, 0) is 6.42 Å². The Bertz CT molecular complexity index is 930. The third-order valence-corrected chi connectivity index (χ3v) is 5.19. The van der Waals surface area contributed by atoms with E-state index in [-0.39, 0.29) is 5.91 Å². The molecule has 0 unspecified atom stereocenters. The lowest BCUT2D eigenvalue weighted by Gasteiger charge is -2.33. The van der Waals surface area contributed by atoms with Crippen LogP contribution in [0.2, 0.25) is 0 Å². The largest absolute Gasteiger partial charge is 0.371 e. The van der Waals surface area contributed by atoms with Crippen molar-refractivity contribution in [3.8, 4) is 0 Å². The Balaban J connectivity index is 1.36. The summed E-state index contributed by atoms with van der Waals surface area (Å²) in [6.45, 7) is 3.76. The summed E-state index contributed by atoms with van der Waals surface area (Å²) in [6, 6.07) is 16.2. The number of aryl methyl sites for hydroxylation is 1. The zero-order valence-corrected chi connectivity index (χ0v) is 16.0. The number of hydrogen-bond donors (Lipinski definition) is 1. The van der Waals surface area contributed by atoms with Gasteiger partial charge in [0.15, 0.2) is 5.82 Å². The lowest BCUT2D eigenvalue weighted by molar-refractivity contribution is 0.102. The van der Waals surface area contributed by atoms with E-state index in [4.69, 9.17) is 4.52 Å². The minimum Gasteiger partial charge on any atom is -0.371 e. The van der Waals surface area contributed by atoms with Crippen molar-refractivity contribution in [2.24, 2.45) is 5.92 Å². The Morgan fingerprint density at radius 1 is 1.18 bits per heavy atom. The van der Waals surface area contributed by atoms with Crippen molar-refractivity contribution in [3.63, 3.8) is 0 Å². The summed E-state index contributed by atoms with van der Waals surface area (Å²) in [5.41, 5.74) is 2.83. The lowest BCUT2D eigenvalue weighted by Crippen LogP contribution is -2.34. The number of piperidine rings is 1. The zero-order valence-electron chi connectivity index (χ0n) is 16.0. The second-order valence-electron chi connectivity index (χ2n) is 7.30. The first kappa shape index (κ1) is 18.2. The van der Waals surface area contributed by atoms with Gasteiger partial charge in [-0.25, -0.2) is 0 Å². The molecule has 28 heavy (non-hydrogen) atoms. The van der Waals surface area contributed by atoms with Crippen LogP contribution in [0.1, 0.15) is 34.7 Å². The molecule has 0 saturated carbocycles. The van der Waals surface area contributed by atoms with Gasteiger partial charge in [-0.15, -0.1) is 0 Å². The highest BCUT2D eigenvalue weighted by Gasteiger charge is 2.21. The number of carbonyl (C=O) groups is 1. The van der Waals surface area contributed by atoms with Gasteiger partial charge in [0.2, 0.25) is 0 Å². The average Bonchev–Trinajstić information content (AvgIpc) is 3.14. The molecule has 6 heteroatoms. The van der Waals surface area contributed by atoms with Gasteiger partial charge >= 0.3 is 0 Å². The van der Waals surface area contributed by atoms with Crippen molar-refractivity contribution < 1.29 is 9.32 Å². The number of rotatable bonds is 5. The number of carbonyl (C=O) groups excluding carboxylic acids is 1. The van der Waals surface area contributed by atoms with Crippen LogP contribution in [0.3, 0.4) is 0 Å². The fraction of sp³-hybridized carbons (Fsp3) is 0.318. The molecule has 4 rings (SSSR count). The summed E-state index contributed by atoms with van der Waals surface area (Å²) in [5, 5.41) is 6.51. The predicted octanol–water partition coefficient (Wildman–Crippen LogP) is 4.09. The molecule has 6 nitrogen and oxygen atoms in total. The van der Waals surface area contributed by atoms with E-state index in [1.54, 1.807) is 19.2 Å². The molecule has 144 valence electrons. The molecule has 1 aromatic carbocycles. The summed E-state index contributed by atoms with van der Waals surface area (Å²) in [6.07, 6.45) is 5.12. The molecule has 3 aromatic rings. The van der Waals surface area contributed by atoms with Crippen molar-refractivity contribution in [1.29, 1.82) is 0 Å². The van der Waals surface area contributed by atoms with Crippen molar-refractivity contribution in [2.75, 3.05) is 23.3 Å². The predicted molar refractivity (Wildman–Crippen MR) is 109 cm³/mol. The molecule has 0 atom stereocenters. The quantitative estimate of drug-likeness (QED) is 0.726. The van der Waals surface area contributed by atoms with Gasteiger partial charge < -0.3 is 14.7 Å². The number of anilines is 2. The van der Waals surface area contributed by atoms with Crippen molar-refractivity contribution in [1.82, 2.24) is 10.1 Å². The summed E-state index contributed by atoms with van der Waals surface area (Å²) in [7, 11) is 0. The standard InChI is InChI=1S/C22H24N4O2/c1-16-13-21(25-28-16)24-22(27)20-15-19(7-10-23-20)26-11-8-18(9-12-26)14-17-5-3-2-4-6-17/h2-7,10,13,15,18H,8-9,11-12,14H2,1H3,(H,24,25,27). The highest BCUT2D eigenvalue weighted by molar-refractivity contribution is 6.02. The van der Waals surface area contributed by atoms with Gasteiger partial charge in [0.25, 0.3) is 5.91 Å². The molecule has 1 aliphatic rings. The lowest BCUT2D eigenvalue weighted by atomic mass is 9.90.